The number of hydrogen-bond donors (Lipinski definition) is 0. The topological polar surface area (TPSA) is 35.5 Å². The van der Waals surface area contributed by atoms with Gasteiger partial charge in [-0.25, -0.2) is 0 Å². The van der Waals surface area contributed by atoms with Crippen molar-refractivity contribution in [2.75, 3.05) is 13.9 Å². The number of rotatable bonds is 5. The van der Waals surface area contributed by atoms with E-state index in [4.69, 9.17) is 9.47 Å². The average molecular weight is 194 g/mol. The molecule has 0 spiro atoms. The van der Waals surface area contributed by atoms with Crippen LogP contribution in [0.1, 0.15) is 22.8 Å². The van der Waals surface area contributed by atoms with Gasteiger partial charge in [-0.15, -0.1) is 0 Å². The number of aldehydes is 1. The molecular weight excluding hydrogens is 180 g/mol. The predicted octanol–water partition coefficient (Wildman–Crippen LogP) is 2.04. The van der Waals surface area contributed by atoms with E-state index in [-0.39, 0.29) is 6.79 Å². The normalized spacial score (nSPS) is 9.86. The van der Waals surface area contributed by atoms with Gasteiger partial charge in [0.2, 0.25) is 0 Å². The molecule has 0 aromatic heterocycles. The largest absolute Gasteiger partial charge is 0.467 e. The van der Waals surface area contributed by atoms with Gasteiger partial charge in [-0.05, 0) is 18.1 Å². The predicted molar refractivity (Wildman–Crippen MR) is 53.7 cm³/mol. The van der Waals surface area contributed by atoms with Crippen molar-refractivity contribution in [1.82, 2.24) is 0 Å². The van der Waals surface area contributed by atoms with Crippen molar-refractivity contribution in [3.05, 3.63) is 29.3 Å². The van der Waals surface area contributed by atoms with Crippen molar-refractivity contribution in [3.8, 4) is 5.75 Å². The van der Waals surface area contributed by atoms with Crippen molar-refractivity contribution in [1.29, 1.82) is 0 Å². The lowest BCUT2D eigenvalue weighted by atomic mass is 10.1. The van der Waals surface area contributed by atoms with E-state index >= 15 is 0 Å². The van der Waals surface area contributed by atoms with Crippen LogP contribution >= 0.6 is 0 Å². The number of carbonyl (C=O) groups excluding carboxylic acids is 1. The van der Waals surface area contributed by atoms with Gasteiger partial charge in [-0.1, -0.05) is 19.1 Å². The van der Waals surface area contributed by atoms with Gasteiger partial charge in [0.25, 0.3) is 0 Å². The number of carbonyl (C=O) groups is 1. The highest BCUT2D eigenvalue weighted by Crippen LogP contribution is 2.23. The lowest BCUT2D eigenvalue weighted by Gasteiger charge is -2.11. The smallest absolute Gasteiger partial charge is 0.188 e. The number of aryl methyl sites for hydroxylation is 1. The van der Waals surface area contributed by atoms with Crippen molar-refractivity contribution in [2.24, 2.45) is 0 Å². The minimum absolute atomic E-state index is 0.165. The molecule has 0 saturated heterocycles. The molecule has 1 rings (SSSR count). The van der Waals surface area contributed by atoms with E-state index in [1.165, 1.54) is 0 Å². The molecule has 3 nitrogen and oxygen atoms in total. The van der Waals surface area contributed by atoms with E-state index in [1.807, 2.05) is 19.1 Å². The SMILES string of the molecule is CCc1cccc(C=O)c1OCOC. The fraction of sp³-hybridized carbons (Fsp3) is 0.364. The van der Waals surface area contributed by atoms with Crippen LogP contribution in [0.3, 0.4) is 0 Å². The first-order chi connectivity index (χ1) is 6.83. The summed E-state index contributed by atoms with van der Waals surface area (Å²) < 4.78 is 10.2. The Bertz CT molecular complexity index is 307. The molecule has 0 bridgehead atoms. The Labute approximate surface area is 83.6 Å². The fourth-order valence-corrected chi connectivity index (χ4v) is 1.27. The third-order valence-corrected chi connectivity index (χ3v) is 1.96. The molecule has 0 fully saturated rings. The molecule has 0 N–H and O–H groups in total. The third kappa shape index (κ3) is 2.33. The van der Waals surface area contributed by atoms with Crippen molar-refractivity contribution < 1.29 is 14.3 Å². The van der Waals surface area contributed by atoms with E-state index in [9.17, 15) is 4.79 Å². The summed E-state index contributed by atoms with van der Waals surface area (Å²) in [6.45, 7) is 2.18. The highest BCUT2D eigenvalue weighted by molar-refractivity contribution is 5.80. The van der Waals surface area contributed by atoms with Gasteiger partial charge in [0, 0.05) is 7.11 Å². The van der Waals surface area contributed by atoms with Crippen LogP contribution in [0.15, 0.2) is 18.2 Å². The molecule has 0 atom stereocenters. The third-order valence-electron chi connectivity index (χ3n) is 1.96. The van der Waals surface area contributed by atoms with Crippen LogP contribution in [0.2, 0.25) is 0 Å². The molecule has 0 amide bonds. The minimum atomic E-state index is 0.165. The van der Waals surface area contributed by atoms with Crippen LogP contribution in [-0.2, 0) is 11.2 Å². The number of benzene rings is 1. The summed E-state index contributed by atoms with van der Waals surface area (Å²) >= 11 is 0. The second kappa shape index (κ2) is 5.40. The summed E-state index contributed by atoms with van der Waals surface area (Å²) in [6.07, 6.45) is 1.63. The van der Waals surface area contributed by atoms with Gasteiger partial charge in [0.15, 0.2) is 13.1 Å². The second-order valence-electron chi connectivity index (χ2n) is 2.86. The standard InChI is InChI=1S/C11H14O3/c1-3-9-5-4-6-10(7-12)11(9)14-8-13-2/h4-7H,3,8H2,1-2H3. The molecule has 0 heterocycles. The summed E-state index contributed by atoms with van der Waals surface area (Å²) in [7, 11) is 1.55. The maximum atomic E-state index is 10.7. The van der Waals surface area contributed by atoms with Crippen LogP contribution in [0, 0.1) is 0 Å². The summed E-state index contributed by atoms with van der Waals surface area (Å²) in [5, 5.41) is 0. The van der Waals surface area contributed by atoms with E-state index in [0.717, 1.165) is 18.3 Å². The van der Waals surface area contributed by atoms with E-state index in [0.29, 0.717) is 11.3 Å². The van der Waals surface area contributed by atoms with Crippen LogP contribution in [0.5, 0.6) is 5.75 Å². The van der Waals surface area contributed by atoms with Crippen LogP contribution in [0.25, 0.3) is 0 Å². The summed E-state index contributed by atoms with van der Waals surface area (Å²) in [4.78, 5) is 10.7. The van der Waals surface area contributed by atoms with Crippen LogP contribution < -0.4 is 4.74 Å². The molecule has 0 aliphatic carbocycles. The van der Waals surface area contributed by atoms with Crippen molar-refractivity contribution >= 4 is 6.29 Å². The van der Waals surface area contributed by atoms with Crippen molar-refractivity contribution in [3.63, 3.8) is 0 Å². The monoisotopic (exact) mass is 194 g/mol. The van der Waals surface area contributed by atoms with Gasteiger partial charge in [-0.2, -0.15) is 0 Å². The Hall–Kier alpha value is -1.35. The molecule has 0 aliphatic heterocycles. The van der Waals surface area contributed by atoms with Gasteiger partial charge in [-0.3, -0.25) is 4.79 Å². The number of methoxy groups -OCH3 is 1. The zero-order valence-corrected chi connectivity index (χ0v) is 8.45. The van der Waals surface area contributed by atoms with E-state index in [2.05, 4.69) is 0 Å². The van der Waals surface area contributed by atoms with Gasteiger partial charge >= 0.3 is 0 Å². The quantitative estimate of drug-likeness (QED) is 0.531. The Morgan fingerprint density at radius 2 is 2.21 bits per heavy atom. The molecule has 14 heavy (non-hydrogen) atoms. The number of hydrogen-bond acceptors (Lipinski definition) is 3. The molecule has 0 aliphatic rings. The van der Waals surface area contributed by atoms with E-state index in [1.54, 1.807) is 13.2 Å². The molecule has 0 unspecified atom stereocenters. The highest BCUT2D eigenvalue weighted by atomic mass is 16.7. The Balaban J connectivity index is 2.99. The maximum absolute atomic E-state index is 10.7. The minimum Gasteiger partial charge on any atom is -0.467 e. The molecule has 0 radical (unpaired) electrons. The first-order valence-corrected chi connectivity index (χ1v) is 4.52. The molecule has 76 valence electrons. The van der Waals surface area contributed by atoms with E-state index < -0.39 is 0 Å². The lowest BCUT2D eigenvalue weighted by molar-refractivity contribution is 0.0499. The number of ether oxygens (including phenoxy) is 2. The Morgan fingerprint density at radius 1 is 1.43 bits per heavy atom. The molecule has 3 heteroatoms. The van der Waals surface area contributed by atoms with Gasteiger partial charge in [0.05, 0.1) is 5.56 Å². The maximum Gasteiger partial charge on any atom is 0.188 e. The first kappa shape index (κ1) is 10.7. The fourth-order valence-electron chi connectivity index (χ4n) is 1.27. The first-order valence-electron chi connectivity index (χ1n) is 4.52. The highest BCUT2D eigenvalue weighted by Gasteiger charge is 2.07. The van der Waals surface area contributed by atoms with Gasteiger partial charge < -0.3 is 9.47 Å². The second-order valence-corrected chi connectivity index (χ2v) is 2.86. The summed E-state index contributed by atoms with van der Waals surface area (Å²) in [6, 6.07) is 5.53. The zero-order valence-electron chi connectivity index (χ0n) is 8.45. The number of para-hydroxylation sites is 1. The molecular formula is C11H14O3. The van der Waals surface area contributed by atoms with Gasteiger partial charge in [0.1, 0.15) is 5.75 Å². The average Bonchev–Trinajstić information content (AvgIpc) is 2.25. The molecule has 0 saturated carbocycles. The molecule has 1 aromatic rings. The summed E-state index contributed by atoms with van der Waals surface area (Å²) in [5.74, 6) is 0.631. The van der Waals surface area contributed by atoms with Crippen LogP contribution in [0.4, 0.5) is 0 Å². The zero-order chi connectivity index (χ0) is 10.4. The Kier molecular flexibility index (Phi) is 4.13. The molecule has 1 aromatic carbocycles. The van der Waals surface area contributed by atoms with Crippen LogP contribution in [-0.4, -0.2) is 20.2 Å². The summed E-state index contributed by atoms with van der Waals surface area (Å²) in [5.41, 5.74) is 1.59. The lowest BCUT2D eigenvalue weighted by Crippen LogP contribution is -2.04. The Morgan fingerprint density at radius 3 is 2.79 bits per heavy atom. The van der Waals surface area contributed by atoms with Crippen molar-refractivity contribution in [2.45, 2.75) is 13.3 Å².